The summed E-state index contributed by atoms with van der Waals surface area (Å²) in [5.74, 6) is 0.0167. The van der Waals surface area contributed by atoms with Gasteiger partial charge in [0.15, 0.2) is 0 Å². The first-order valence-electron chi connectivity index (χ1n) is 14.7. The van der Waals surface area contributed by atoms with E-state index in [4.69, 9.17) is 0 Å². The van der Waals surface area contributed by atoms with Crippen molar-refractivity contribution in [2.75, 3.05) is 29.9 Å². The Bertz CT molecular complexity index is 1290. The topological polar surface area (TPSA) is 110 Å². The summed E-state index contributed by atoms with van der Waals surface area (Å²) < 4.78 is 0. The van der Waals surface area contributed by atoms with Gasteiger partial charge in [-0.25, -0.2) is 4.98 Å². The van der Waals surface area contributed by atoms with Gasteiger partial charge in [0.25, 0.3) is 0 Å². The maximum absolute atomic E-state index is 13.1. The Morgan fingerprint density at radius 3 is 2.50 bits per heavy atom. The molecule has 1 fully saturated rings. The Hall–Kier alpha value is -3.55. The Balaban J connectivity index is 1.14. The molecule has 214 valence electrons. The van der Waals surface area contributed by atoms with E-state index in [1.807, 2.05) is 63.2 Å². The molecule has 8 nitrogen and oxygen atoms in total. The van der Waals surface area contributed by atoms with Crippen molar-refractivity contribution >= 4 is 34.5 Å². The van der Waals surface area contributed by atoms with Crippen LogP contribution in [0.15, 0.2) is 48.5 Å². The van der Waals surface area contributed by atoms with Crippen LogP contribution < -0.4 is 15.5 Å². The third kappa shape index (κ3) is 6.43. The maximum atomic E-state index is 13.1. The first-order chi connectivity index (χ1) is 19.2. The Kier molecular flexibility index (Phi) is 8.33. The van der Waals surface area contributed by atoms with E-state index in [2.05, 4.69) is 31.6 Å². The van der Waals surface area contributed by atoms with E-state index in [1.54, 1.807) is 0 Å². The summed E-state index contributed by atoms with van der Waals surface area (Å²) in [6, 6.07) is 16.5. The zero-order valence-corrected chi connectivity index (χ0v) is 24.0. The lowest BCUT2D eigenvalue weighted by atomic mass is 9.69. The molecule has 1 aliphatic heterocycles. The standard InChI is InChI=1S/C32H43N5O3/c1-32(2,3)29(30(39)40)24-10-8-18-37(27-13-7-4-9-23(24)27)20-28(38)33-19-21-14-16-22(17-15-21)34-31-35-25-11-5-6-12-26(25)36-31/h4-7,9,11-13,21-22,24,29H,8,10,14-20H2,1-3H3,(H,33,38)(H,39,40)(H2,34,35,36). The molecule has 8 heteroatoms. The predicted octanol–water partition coefficient (Wildman–Crippen LogP) is 5.78. The highest BCUT2D eigenvalue weighted by Gasteiger charge is 2.40. The fourth-order valence-electron chi connectivity index (χ4n) is 6.74. The molecule has 40 heavy (non-hydrogen) atoms. The molecular formula is C32H43N5O3. The molecule has 1 aromatic heterocycles. The van der Waals surface area contributed by atoms with Gasteiger partial charge in [-0.05, 0) is 79.5 Å². The number of carboxylic acids is 1. The maximum Gasteiger partial charge on any atom is 0.307 e. The molecule has 2 heterocycles. The number of benzene rings is 2. The number of amides is 1. The van der Waals surface area contributed by atoms with Gasteiger partial charge in [-0.1, -0.05) is 51.1 Å². The minimum absolute atomic E-state index is 0.0291. The molecule has 2 atom stereocenters. The summed E-state index contributed by atoms with van der Waals surface area (Å²) >= 11 is 0. The van der Waals surface area contributed by atoms with E-state index < -0.39 is 11.9 Å². The van der Waals surface area contributed by atoms with E-state index >= 15 is 0 Å². The molecule has 3 aromatic rings. The molecule has 0 spiro atoms. The number of nitrogens with zero attached hydrogens (tertiary/aromatic N) is 2. The molecule has 2 unspecified atom stereocenters. The highest BCUT2D eigenvalue weighted by Crippen LogP contribution is 2.45. The van der Waals surface area contributed by atoms with Gasteiger partial charge in [0.05, 0.1) is 23.5 Å². The monoisotopic (exact) mass is 545 g/mol. The normalized spacial score (nSPS) is 22.3. The van der Waals surface area contributed by atoms with Crippen LogP contribution in [0.25, 0.3) is 11.0 Å². The summed E-state index contributed by atoms with van der Waals surface area (Å²) in [5, 5.41) is 16.9. The van der Waals surface area contributed by atoms with E-state index in [-0.39, 0.29) is 17.2 Å². The SMILES string of the molecule is CC(C)(C)C(C(=O)O)C1CCCN(CC(=O)NCC2CCC(Nc3nc4ccccc4[nH]3)CC2)c2ccccc21. The second-order valence-corrected chi connectivity index (χ2v) is 12.7. The van der Waals surface area contributed by atoms with Crippen molar-refractivity contribution < 1.29 is 14.7 Å². The number of carbonyl (C=O) groups excluding carboxylic acids is 1. The third-order valence-electron chi connectivity index (χ3n) is 8.72. The van der Waals surface area contributed by atoms with E-state index in [0.717, 1.165) is 73.3 Å². The number of anilines is 2. The van der Waals surface area contributed by atoms with Crippen LogP contribution in [0.1, 0.15) is 70.8 Å². The average molecular weight is 546 g/mol. The van der Waals surface area contributed by atoms with Crippen molar-refractivity contribution in [3.8, 4) is 0 Å². The van der Waals surface area contributed by atoms with Crippen LogP contribution in [-0.4, -0.2) is 52.6 Å². The van der Waals surface area contributed by atoms with Gasteiger partial charge in [0.1, 0.15) is 0 Å². The smallest absolute Gasteiger partial charge is 0.307 e. The number of hydrogen-bond acceptors (Lipinski definition) is 5. The van der Waals surface area contributed by atoms with Crippen molar-refractivity contribution in [2.24, 2.45) is 17.3 Å². The second kappa shape index (κ2) is 11.9. The number of rotatable bonds is 8. The van der Waals surface area contributed by atoms with Crippen LogP contribution >= 0.6 is 0 Å². The van der Waals surface area contributed by atoms with Gasteiger partial charge in [-0.2, -0.15) is 0 Å². The van der Waals surface area contributed by atoms with Crippen LogP contribution in [-0.2, 0) is 9.59 Å². The van der Waals surface area contributed by atoms with Crippen LogP contribution in [0.2, 0.25) is 0 Å². The van der Waals surface area contributed by atoms with Gasteiger partial charge < -0.3 is 25.6 Å². The predicted molar refractivity (Wildman–Crippen MR) is 160 cm³/mol. The third-order valence-corrected chi connectivity index (χ3v) is 8.72. The molecule has 4 N–H and O–H groups in total. The molecule has 1 amide bonds. The summed E-state index contributed by atoms with van der Waals surface area (Å²) in [5.41, 5.74) is 3.69. The molecule has 0 radical (unpaired) electrons. The lowest BCUT2D eigenvalue weighted by molar-refractivity contribution is -0.146. The molecule has 0 saturated heterocycles. The summed E-state index contributed by atoms with van der Waals surface area (Å²) in [6.45, 7) is 7.75. The average Bonchev–Trinajstić information content (AvgIpc) is 3.24. The number of hydrogen-bond donors (Lipinski definition) is 4. The number of H-pyrrole nitrogens is 1. The van der Waals surface area contributed by atoms with Crippen molar-refractivity contribution in [2.45, 2.75) is 71.3 Å². The van der Waals surface area contributed by atoms with Crippen molar-refractivity contribution in [1.29, 1.82) is 0 Å². The number of fused-ring (bicyclic) bond motifs is 2. The van der Waals surface area contributed by atoms with Gasteiger partial charge in [-0.3, -0.25) is 9.59 Å². The van der Waals surface area contributed by atoms with Gasteiger partial charge >= 0.3 is 5.97 Å². The van der Waals surface area contributed by atoms with E-state index in [0.29, 0.717) is 25.0 Å². The zero-order chi connectivity index (χ0) is 28.3. The molecule has 1 saturated carbocycles. The molecule has 0 bridgehead atoms. The van der Waals surface area contributed by atoms with E-state index in [9.17, 15) is 14.7 Å². The first kappa shape index (κ1) is 28.0. The number of carboxylic acid groups (broad SMARTS) is 1. The van der Waals surface area contributed by atoms with Crippen LogP contribution in [0, 0.1) is 17.3 Å². The number of aliphatic carboxylic acids is 1. The van der Waals surface area contributed by atoms with Crippen molar-refractivity contribution in [1.82, 2.24) is 15.3 Å². The lowest BCUT2D eigenvalue weighted by Crippen LogP contribution is -2.40. The van der Waals surface area contributed by atoms with Gasteiger partial charge in [0.2, 0.25) is 11.9 Å². The highest BCUT2D eigenvalue weighted by atomic mass is 16.4. The highest BCUT2D eigenvalue weighted by molar-refractivity contribution is 5.82. The quantitative estimate of drug-likeness (QED) is 0.286. The molecule has 2 aliphatic rings. The van der Waals surface area contributed by atoms with Crippen LogP contribution in [0.4, 0.5) is 11.6 Å². The van der Waals surface area contributed by atoms with Gasteiger partial charge in [0, 0.05) is 24.8 Å². The molecule has 5 rings (SSSR count). The molecular weight excluding hydrogens is 502 g/mol. The Morgan fingerprint density at radius 1 is 1.05 bits per heavy atom. The number of para-hydroxylation sites is 3. The molecule has 1 aliphatic carbocycles. The summed E-state index contributed by atoms with van der Waals surface area (Å²) in [4.78, 5) is 35.5. The largest absolute Gasteiger partial charge is 0.481 e. The van der Waals surface area contributed by atoms with E-state index in [1.165, 1.54) is 0 Å². The van der Waals surface area contributed by atoms with Crippen LogP contribution in [0.3, 0.4) is 0 Å². The van der Waals surface area contributed by atoms with Crippen LogP contribution in [0.5, 0.6) is 0 Å². The fourth-order valence-corrected chi connectivity index (χ4v) is 6.74. The second-order valence-electron chi connectivity index (χ2n) is 12.7. The first-order valence-corrected chi connectivity index (χ1v) is 14.7. The molecule has 2 aromatic carbocycles. The van der Waals surface area contributed by atoms with Crippen molar-refractivity contribution in [3.05, 3.63) is 54.1 Å². The zero-order valence-electron chi connectivity index (χ0n) is 24.0. The summed E-state index contributed by atoms with van der Waals surface area (Å²) in [7, 11) is 0. The fraction of sp³-hybridized carbons (Fsp3) is 0.531. The summed E-state index contributed by atoms with van der Waals surface area (Å²) in [6.07, 6.45) is 5.89. The Labute approximate surface area is 236 Å². The minimum Gasteiger partial charge on any atom is -0.481 e. The number of carbonyl (C=O) groups is 2. The minimum atomic E-state index is -0.749. The Morgan fingerprint density at radius 2 is 1.77 bits per heavy atom. The number of aromatic nitrogens is 2. The van der Waals surface area contributed by atoms with Crippen molar-refractivity contribution in [3.63, 3.8) is 0 Å². The number of aromatic amines is 1. The number of imidazole rings is 1. The lowest BCUT2D eigenvalue weighted by Gasteiger charge is -2.34. The van der Waals surface area contributed by atoms with Gasteiger partial charge in [-0.15, -0.1) is 0 Å². The number of nitrogens with one attached hydrogen (secondary N) is 3.